The summed E-state index contributed by atoms with van der Waals surface area (Å²) in [5.74, 6) is -0.192. The van der Waals surface area contributed by atoms with Crippen molar-refractivity contribution in [3.05, 3.63) is 59.7 Å². The minimum absolute atomic E-state index is 0.00650. The summed E-state index contributed by atoms with van der Waals surface area (Å²) in [6.45, 7) is 2.88. The first-order chi connectivity index (χ1) is 14.0. The third-order valence-corrected chi connectivity index (χ3v) is 5.35. The standard InChI is InChI=1S/C23H27NO5/c1-16(29-23(27)20-9-8-19(28-2)15-21(20)25)22(26)24-12-10-18(11-13-24)14-17-6-4-3-5-7-17/h3-9,15-16,18,25H,10-14H2,1-2H3. The fourth-order valence-electron chi connectivity index (χ4n) is 3.65. The number of phenols is 1. The maximum Gasteiger partial charge on any atom is 0.342 e. The quantitative estimate of drug-likeness (QED) is 0.756. The maximum atomic E-state index is 12.7. The van der Waals surface area contributed by atoms with Crippen LogP contribution in [0.5, 0.6) is 11.5 Å². The second-order valence-electron chi connectivity index (χ2n) is 7.39. The Kier molecular flexibility index (Phi) is 6.75. The van der Waals surface area contributed by atoms with Gasteiger partial charge in [0.2, 0.25) is 0 Å². The third kappa shape index (κ3) is 5.28. The number of carbonyl (C=O) groups excluding carboxylic acids is 2. The van der Waals surface area contributed by atoms with Crippen LogP contribution in [0.15, 0.2) is 48.5 Å². The van der Waals surface area contributed by atoms with Gasteiger partial charge >= 0.3 is 5.97 Å². The van der Waals surface area contributed by atoms with Crippen LogP contribution in [0, 0.1) is 5.92 Å². The fourth-order valence-corrected chi connectivity index (χ4v) is 3.65. The number of likely N-dealkylation sites (tertiary alicyclic amines) is 1. The Morgan fingerprint density at radius 3 is 2.45 bits per heavy atom. The summed E-state index contributed by atoms with van der Waals surface area (Å²) in [6, 6.07) is 14.7. The van der Waals surface area contributed by atoms with E-state index >= 15 is 0 Å². The second-order valence-corrected chi connectivity index (χ2v) is 7.39. The lowest BCUT2D eigenvalue weighted by Crippen LogP contribution is -2.44. The molecule has 1 saturated heterocycles. The number of esters is 1. The van der Waals surface area contributed by atoms with Crippen LogP contribution in [0.1, 0.15) is 35.7 Å². The molecule has 2 aromatic rings. The van der Waals surface area contributed by atoms with E-state index in [0.717, 1.165) is 19.3 Å². The average Bonchev–Trinajstić information content (AvgIpc) is 2.74. The first kappa shape index (κ1) is 20.7. The van der Waals surface area contributed by atoms with Gasteiger partial charge in [-0.3, -0.25) is 4.79 Å². The molecule has 1 heterocycles. The molecule has 0 saturated carbocycles. The van der Waals surface area contributed by atoms with Crippen molar-refractivity contribution >= 4 is 11.9 Å². The zero-order valence-electron chi connectivity index (χ0n) is 16.8. The summed E-state index contributed by atoms with van der Waals surface area (Å²) in [5.41, 5.74) is 1.32. The van der Waals surface area contributed by atoms with Crippen molar-refractivity contribution < 1.29 is 24.2 Å². The number of methoxy groups -OCH3 is 1. The molecule has 1 fully saturated rings. The number of nitrogens with zero attached hydrogens (tertiary/aromatic N) is 1. The number of carbonyl (C=O) groups is 2. The molecule has 0 aromatic heterocycles. The number of phenolic OH excluding ortho intramolecular Hbond substituents is 1. The van der Waals surface area contributed by atoms with Crippen molar-refractivity contribution in [2.75, 3.05) is 20.2 Å². The lowest BCUT2D eigenvalue weighted by molar-refractivity contribution is -0.141. The van der Waals surface area contributed by atoms with Gasteiger partial charge in [-0.2, -0.15) is 0 Å². The Morgan fingerprint density at radius 1 is 1.14 bits per heavy atom. The molecule has 6 nitrogen and oxygen atoms in total. The number of hydrogen-bond donors (Lipinski definition) is 1. The highest BCUT2D eigenvalue weighted by Gasteiger charge is 2.29. The molecular formula is C23H27NO5. The van der Waals surface area contributed by atoms with Gasteiger partial charge in [0.1, 0.15) is 17.1 Å². The van der Waals surface area contributed by atoms with Crippen molar-refractivity contribution in [3.8, 4) is 11.5 Å². The van der Waals surface area contributed by atoms with Gasteiger partial charge in [0.25, 0.3) is 5.91 Å². The summed E-state index contributed by atoms with van der Waals surface area (Å²) in [4.78, 5) is 26.8. The Bertz CT molecular complexity index is 844. The van der Waals surface area contributed by atoms with Crippen molar-refractivity contribution in [2.45, 2.75) is 32.3 Å². The largest absolute Gasteiger partial charge is 0.507 e. The number of ether oxygens (including phenoxy) is 2. The molecule has 1 amide bonds. The van der Waals surface area contributed by atoms with Gasteiger partial charge in [-0.25, -0.2) is 4.79 Å². The Labute approximate surface area is 171 Å². The molecule has 0 radical (unpaired) electrons. The van der Waals surface area contributed by atoms with E-state index in [1.807, 2.05) is 18.2 Å². The normalized spacial score (nSPS) is 15.6. The van der Waals surface area contributed by atoms with Crippen molar-refractivity contribution in [1.82, 2.24) is 4.90 Å². The van der Waals surface area contributed by atoms with Crippen LogP contribution >= 0.6 is 0 Å². The molecule has 0 spiro atoms. The highest BCUT2D eigenvalue weighted by molar-refractivity contribution is 5.94. The van der Waals surface area contributed by atoms with Crippen LogP contribution in [-0.4, -0.2) is 48.2 Å². The van der Waals surface area contributed by atoms with E-state index in [0.29, 0.717) is 24.8 Å². The number of piperidine rings is 1. The molecule has 1 N–H and O–H groups in total. The van der Waals surface area contributed by atoms with Gasteiger partial charge in [0.15, 0.2) is 6.10 Å². The second kappa shape index (κ2) is 9.45. The molecule has 1 aliphatic heterocycles. The highest BCUT2D eigenvalue weighted by Crippen LogP contribution is 2.25. The molecule has 0 aliphatic carbocycles. The predicted molar refractivity (Wildman–Crippen MR) is 109 cm³/mol. The summed E-state index contributed by atoms with van der Waals surface area (Å²) in [5, 5.41) is 9.97. The summed E-state index contributed by atoms with van der Waals surface area (Å²) in [6.07, 6.45) is 1.97. The number of amides is 1. The van der Waals surface area contributed by atoms with Crippen LogP contribution in [0.2, 0.25) is 0 Å². The summed E-state index contributed by atoms with van der Waals surface area (Å²) in [7, 11) is 1.47. The predicted octanol–water partition coefficient (Wildman–Crippen LogP) is 3.43. The molecule has 29 heavy (non-hydrogen) atoms. The first-order valence-corrected chi connectivity index (χ1v) is 9.88. The molecule has 1 aliphatic rings. The Hall–Kier alpha value is -3.02. The zero-order valence-corrected chi connectivity index (χ0v) is 16.8. The van der Waals surface area contributed by atoms with E-state index in [1.165, 1.54) is 24.8 Å². The van der Waals surface area contributed by atoms with Crippen molar-refractivity contribution in [2.24, 2.45) is 5.92 Å². The van der Waals surface area contributed by atoms with Gasteiger partial charge in [0.05, 0.1) is 7.11 Å². The molecule has 154 valence electrons. The van der Waals surface area contributed by atoms with E-state index in [9.17, 15) is 14.7 Å². The maximum absolute atomic E-state index is 12.7. The smallest absolute Gasteiger partial charge is 0.342 e. The van der Waals surface area contributed by atoms with E-state index in [-0.39, 0.29) is 17.2 Å². The summed E-state index contributed by atoms with van der Waals surface area (Å²) >= 11 is 0. The molecule has 1 unspecified atom stereocenters. The van der Waals surface area contributed by atoms with Crippen molar-refractivity contribution in [3.63, 3.8) is 0 Å². The van der Waals surface area contributed by atoms with Crippen molar-refractivity contribution in [1.29, 1.82) is 0 Å². The van der Waals surface area contributed by atoms with Crippen LogP contribution in [0.4, 0.5) is 0 Å². The lowest BCUT2D eigenvalue weighted by atomic mass is 9.90. The van der Waals surface area contributed by atoms with Crippen LogP contribution in [-0.2, 0) is 16.0 Å². The lowest BCUT2D eigenvalue weighted by Gasteiger charge is -2.33. The average molecular weight is 397 g/mol. The van der Waals surface area contributed by atoms with Gasteiger partial charge < -0.3 is 19.5 Å². The van der Waals surface area contributed by atoms with E-state index in [1.54, 1.807) is 17.9 Å². The van der Waals surface area contributed by atoms with E-state index < -0.39 is 12.1 Å². The molecule has 1 atom stereocenters. The number of aromatic hydroxyl groups is 1. The van der Waals surface area contributed by atoms with Crippen LogP contribution in [0.3, 0.4) is 0 Å². The third-order valence-electron chi connectivity index (χ3n) is 5.35. The molecule has 3 rings (SSSR count). The highest BCUT2D eigenvalue weighted by atomic mass is 16.5. The van der Waals surface area contributed by atoms with E-state index in [2.05, 4.69) is 12.1 Å². The number of rotatable bonds is 6. The van der Waals surface area contributed by atoms with Gasteiger partial charge in [-0.05, 0) is 49.8 Å². The van der Waals surface area contributed by atoms with Crippen LogP contribution in [0.25, 0.3) is 0 Å². The van der Waals surface area contributed by atoms with Gasteiger partial charge in [-0.15, -0.1) is 0 Å². The number of hydrogen-bond acceptors (Lipinski definition) is 5. The van der Waals surface area contributed by atoms with Gasteiger partial charge in [-0.1, -0.05) is 30.3 Å². The Balaban J connectivity index is 1.51. The topological polar surface area (TPSA) is 76.1 Å². The first-order valence-electron chi connectivity index (χ1n) is 9.88. The Morgan fingerprint density at radius 2 is 1.83 bits per heavy atom. The van der Waals surface area contributed by atoms with E-state index in [4.69, 9.17) is 9.47 Å². The minimum atomic E-state index is -0.908. The molecule has 0 bridgehead atoms. The van der Waals surface area contributed by atoms with Gasteiger partial charge in [0, 0.05) is 19.2 Å². The fraction of sp³-hybridized carbons (Fsp3) is 0.391. The number of benzene rings is 2. The molecular weight excluding hydrogens is 370 g/mol. The zero-order chi connectivity index (χ0) is 20.8. The SMILES string of the molecule is COc1ccc(C(=O)OC(C)C(=O)N2CCC(Cc3ccccc3)CC2)c(O)c1. The van der Waals surface area contributed by atoms with Crippen LogP contribution < -0.4 is 4.74 Å². The molecule has 2 aromatic carbocycles. The minimum Gasteiger partial charge on any atom is -0.507 e. The monoisotopic (exact) mass is 397 g/mol. The summed E-state index contributed by atoms with van der Waals surface area (Å²) < 4.78 is 10.3. The molecule has 6 heteroatoms.